The van der Waals surface area contributed by atoms with E-state index in [1.807, 2.05) is 27.7 Å². The van der Waals surface area contributed by atoms with Crippen molar-refractivity contribution in [3.63, 3.8) is 0 Å². The number of ether oxygens (including phenoxy) is 1. The molecule has 0 aliphatic heterocycles. The highest BCUT2D eigenvalue weighted by molar-refractivity contribution is 5.33. The van der Waals surface area contributed by atoms with Gasteiger partial charge in [-0.1, -0.05) is 6.92 Å². The van der Waals surface area contributed by atoms with Crippen LogP contribution in [-0.2, 0) is 4.74 Å². The highest BCUT2D eigenvalue weighted by Gasteiger charge is 2.23. The van der Waals surface area contributed by atoms with Crippen molar-refractivity contribution in [1.29, 1.82) is 0 Å². The fourth-order valence-electron chi connectivity index (χ4n) is 1.99. The molecule has 0 radical (unpaired) electrons. The molecule has 0 aliphatic carbocycles. The van der Waals surface area contributed by atoms with Crippen LogP contribution in [0.1, 0.15) is 42.1 Å². The lowest BCUT2D eigenvalue weighted by Crippen LogP contribution is -2.12. The molecular formula is C13H22O3. The number of rotatable bonds is 5. The van der Waals surface area contributed by atoms with E-state index in [0.717, 1.165) is 29.1 Å². The molecular weight excluding hydrogens is 204 g/mol. The number of hydrogen-bond donors (Lipinski definition) is 1. The van der Waals surface area contributed by atoms with E-state index >= 15 is 0 Å². The molecule has 3 nitrogen and oxygen atoms in total. The molecule has 1 N–H and O–H groups in total. The molecule has 0 saturated carbocycles. The van der Waals surface area contributed by atoms with Crippen LogP contribution in [0, 0.1) is 26.7 Å². The Kier molecular flexibility index (Phi) is 4.56. The standard InChI is InChI=1S/C13H22O3/c1-8(6-7-15-5)13(14)12-9(2)10(3)16-11(12)4/h8,13-14H,6-7H2,1-5H3. The lowest BCUT2D eigenvalue weighted by molar-refractivity contribution is 0.0871. The van der Waals surface area contributed by atoms with E-state index in [0.29, 0.717) is 6.61 Å². The first-order valence-corrected chi connectivity index (χ1v) is 5.72. The normalized spacial score (nSPS) is 15.1. The molecule has 0 saturated heterocycles. The quantitative estimate of drug-likeness (QED) is 0.839. The lowest BCUT2D eigenvalue weighted by atomic mass is 9.92. The Hall–Kier alpha value is -0.800. The second kappa shape index (κ2) is 5.51. The number of furan rings is 1. The lowest BCUT2D eigenvalue weighted by Gasteiger charge is -2.19. The zero-order chi connectivity index (χ0) is 12.3. The molecule has 0 fully saturated rings. The van der Waals surface area contributed by atoms with Crippen molar-refractivity contribution in [2.45, 2.75) is 40.2 Å². The molecule has 0 bridgehead atoms. The molecule has 1 heterocycles. The van der Waals surface area contributed by atoms with Crippen LogP contribution in [0.2, 0.25) is 0 Å². The first-order valence-electron chi connectivity index (χ1n) is 5.72. The van der Waals surface area contributed by atoms with Gasteiger partial charge in [-0.25, -0.2) is 0 Å². The molecule has 1 rings (SSSR count). The maximum atomic E-state index is 10.3. The Balaban J connectivity index is 2.82. The van der Waals surface area contributed by atoms with Gasteiger partial charge in [-0.2, -0.15) is 0 Å². The Labute approximate surface area is 97.4 Å². The van der Waals surface area contributed by atoms with Gasteiger partial charge in [0.25, 0.3) is 0 Å². The van der Waals surface area contributed by atoms with Gasteiger partial charge in [-0.05, 0) is 38.7 Å². The molecule has 0 aliphatic rings. The molecule has 0 amide bonds. The molecule has 1 aromatic heterocycles. The molecule has 92 valence electrons. The van der Waals surface area contributed by atoms with E-state index < -0.39 is 6.10 Å². The van der Waals surface area contributed by atoms with Crippen LogP contribution in [0.15, 0.2) is 4.42 Å². The molecule has 16 heavy (non-hydrogen) atoms. The van der Waals surface area contributed by atoms with Gasteiger partial charge in [0.2, 0.25) is 0 Å². The van der Waals surface area contributed by atoms with Gasteiger partial charge in [-0.3, -0.25) is 0 Å². The zero-order valence-electron chi connectivity index (χ0n) is 10.8. The number of aryl methyl sites for hydroxylation is 2. The van der Waals surface area contributed by atoms with E-state index in [2.05, 4.69) is 0 Å². The first kappa shape index (κ1) is 13.3. The monoisotopic (exact) mass is 226 g/mol. The largest absolute Gasteiger partial charge is 0.466 e. The van der Waals surface area contributed by atoms with Crippen molar-refractivity contribution >= 4 is 0 Å². The van der Waals surface area contributed by atoms with Crippen molar-refractivity contribution in [3.8, 4) is 0 Å². The summed E-state index contributed by atoms with van der Waals surface area (Å²) in [5.74, 6) is 1.90. The minimum atomic E-state index is -0.465. The Morgan fingerprint density at radius 1 is 1.25 bits per heavy atom. The summed E-state index contributed by atoms with van der Waals surface area (Å²) in [4.78, 5) is 0. The Bertz CT molecular complexity index is 341. The van der Waals surface area contributed by atoms with Gasteiger partial charge < -0.3 is 14.3 Å². The SMILES string of the molecule is COCCC(C)C(O)c1c(C)oc(C)c1C. The third kappa shape index (κ3) is 2.66. The van der Waals surface area contributed by atoms with Gasteiger partial charge in [0.1, 0.15) is 11.5 Å². The van der Waals surface area contributed by atoms with Gasteiger partial charge in [-0.15, -0.1) is 0 Å². The van der Waals surface area contributed by atoms with Crippen LogP contribution in [0.5, 0.6) is 0 Å². The molecule has 3 heteroatoms. The van der Waals surface area contributed by atoms with Crippen LogP contribution in [0.25, 0.3) is 0 Å². The van der Waals surface area contributed by atoms with Crippen LogP contribution in [-0.4, -0.2) is 18.8 Å². The fourth-order valence-corrected chi connectivity index (χ4v) is 1.99. The molecule has 2 atom stereocenters. The molecule has 1 aromatic rings. The summed E-state index contributed by atoms with van der Waals surface area (Å²) < 4.78 is 10.6. The minimum Gasteiger partial charge on any atom is -0.466 e. The van der Waals surface area contributed by atoms with Crippen molar-refractivity contribution in [1.82, 2.24) is 0 Å². The summed E-state index contributed by atoms with van der Waals surface area (Å²) in [6.45, 7) is 8.53. The average Bonchev–Trinajstić information content (AvgIpc) is 2.49. The summed E-state index contributed by atoms with van der Waals surface area (Å²) in [5.41, 5.74) is 2.01. The van der Waals surface area contributed by atoms with Crippen molar-refractivity contribution in [3.05, 3.63) is 22.6 Å². The fraction of sp³-hybridized carbons (Fsp3) is 0.692. The maximum Gasteiger partial charge on any atom is 0.107 e. The summed E-state index contributed by atoms with van der Waals surface area (Å²) >= 11 is 0. The van der Waals surface area contributed by atoms with E-state index in [9.17, 15) is 5.11 Å². The second-order valence-corrected chi connectivity index (χ2v) is 4.46. The van der Waals surface area contributed by atoms with E-state index in [4.69, 9.17) is 9.15 Å². The minimum absolute atomic E-state index is 0.175. The van der Waals surface area contributed by atoms with Crippen LogP contribution >= 0.6 is 0 Å². The number of aliphatic hydroxyl groups is 1. The average molecular weight is 226 g/mol. The van der Waals surface area contributed by atoms with Gasteiger partial charge >= 0.3 is 0 Å². The predicted octanol–water partition coefficient (Wildman–Crippen LogP) is 2.91. The maximum absolute atomic E-state index is 10.3. The van der Waals surface area contributed by atoms with E-state index in [-0.39, 0.29) is 5.92 Å². The van der Waals surface area contributed by atoms with Crippen LogP contribution < -0.4 is 0 Å². The number of aliphatic hydroxyl groups excluding tert-OH is 1. The molecule has 2 unspecified atom stereocenters. The highest BCUT2D eigenvalue weighted by Crippen LogP contribution is 2.32. The summed E-state index contributed by atoms with van der Waals surface area (Å²) in [7, 11) is 1.68. The highest BCUT2D eigenvalue weighted by atomic mass is 16.5. The van der Waals surface area contributed by atoms with E-state index in [1.165, 1.54) is 0 Å². The smallest absolute Gasteiger partial charge is 0.107 e. The number of hydrogen-bond acceptors (Lipinski definition) is 3. The van der Waals surface area contributed by atoms with E-state index in [1.54, 1.807) is 7.11 Å². The Morgan fingerprint density at radius 3 is 2.31 bits per heavy atom. The topological polar surface area (TPSA) is 42.6 Å². The summed E-state index contributed by atoms with van der Waals surface area (Å²) in [6, 6.07) is 0. The second-order valence-electron chi connectivity index (χ2n) is 4.46. The third-order valence-electron chi connectivity index (χ3n) is 3.23. The van der Waals surface area contributed by atoms with Crippen molar-refractivity contribution in [2.24, 2.45) is 5.92 Å². The van der Waals surface area contributed by atoms with Crippen molar-refractivity contribution in [2.75, 3.05) is 13.7 Å². The Morgan fingerprint density at radius 2 is 1.88 bits per heavy atom. The molecule has 0 spiro atoms. The first-order chi connectivity index (χ1) is 7.49. The third-order valence-corrected chi connectivity index (χ3v) is 3.23. The van der Waals surface area contributed by atoms with Gasteiger partial charge in [0.05, 0.1) is 6.10 Å². The summed E-state index contributed by atoms with van der Waals surface area (Å²) in [5, 5.41) is 10.3. The van der Waals surface area contributed by atoms with Crippen LogP contribution in [0.4, 0.5) is 0 Å². The summed E-state index contributed by atoms with van der Waals surface area (Å²) in [6.07, 6.45) is 0.383. The number of methoxy groups -OCH3 is 1. The zero-order valence-corrected chi connectivity index (χ0v) is 10.8. The van der Waals surface area contributed by atoms with Gasteiger partial charge in [0.15, 0.2) is 0 Å². The predicted molar refractivity (Wildman–Crippen MR) is 63.5 cm³/mol. The van der Waals surface area contributed by atoms with Crippen LogP contribution in [0.3, 0.4) is 0 Å². The van der Waals surface area contributed by atoms with Gasteiger partial charge in [0, 0.05) is 19.3 Å². The van der Waals surface area contributed by atoms with Crippen molar-refractivity contribution < 1.29 is 14.3 Å². The molecule has 0 aromatic carbocycles.